The highest BCUT2D eigenvalue weighted by molar-refractivity contribution is 7.89. The van der Waals surface area contributed by atoms with Crippen LogP contribution in [0.25, 0.3) is 0 Å². The van der Waals surface area contributed by atoms with Crippen molar-refractivity contribution in [2.75, 3.05) is 26.7 Å². The van der Waals surface area contributed by atoms with Crippen LogP contribution in [0.4, 0.5) is 0 Å². The highest BCUT2D eigenvalue weighted by Crippen LogP contribution is 2.23. The molecule has 1 atom stereocenters. The fraction of sp³-hybridized carbons (Fsp3) is 0.786. The van der Waals surface area contributed by atoms with Crippen LogP contribution in [0.3, 0.4) is 0 Å². The van der Waals surface area contributed by atoms with Gasteiger partial charge in [0.05, 0.1) is 0 Å². The van der Waals surface area contributed by atoms with Crippen molar-refractivity contribution < 1.29 is 8.42 Å². The molecule has 120 valence electrons. The van der Waals surface area contributed by atoms with E-state index >= 15 is 0 Å². The molecule has 21 heavy (non-hydrogen) atoms. The molecule has 0 bridgehead atoms. The van der Waals surface area contributed by atoms with Crippen LogP contribution >= 0.6 is 0 Å². The number of aromatic nitrogens is 2. The molecule has 1 aliphatic rings. The third-order valence-corrected chi connectivity index (χ3v) is 5.73. The zero-order chi connectivity index (χ0) is 15.5. The number of nitrogens with zero attached hydrogens (tertiary/aromatic N) is 3. The van der Waals surface area contributed by atoms with Crippen molar-refractivity contribution in [3.05, 3.63) is 12.0 Å². The second kappa shape index (κ2) is 6.89. The zero-order valence-electron chi connectivity index (χ0n) is 13.2. The van der Waals surface area contributed by atoms with Crippen LogP contribution in [0.15, 0.2) is 11.2 Å². The minimum atomic E-state index is -3.46. The van der Waals surface area contributed by atoms with E-state index in [0.717, 1.165) is 38.2 Å². The topological polar surface area (TPSA) is 67.2 Å². The second-order valence-corrected chi connectivity index (χ2v) is 7.63. The molecule has 7 heteroatoms. The highest BCUT2D eigenvalue weighted by atomic mass is 32.2. The molecule has 1 aromatic heterocycles. The molecule has 0 spiro atoms. The third kappa shape index (κ3) is 3.64. The Balaban J connectivity index is 2.19. The predicted octanol–water partition coefficient (Wildman–Crippen LogP) is 1.22. The fourth-order valence-electron chi connectivity index (χ4n) is 2.90. The van der Waals surface area contributed by atoms with Gasteiger partial charge in [-0.25, -0.2) is 13.4 Å². The Morgan fingerprint density at radius 3 is 2.90 bits per heavy atom. The SMILES string of the molecule is CCCn1cc(S(=O)(=O)N2CCCC(CNC)C2)nc1C. The smallest absolute Gasteiger partial charge is 0.262 e. The van der Waals surface area contributed by atoms with Gasteiger partial charge in [0.25, 0.3) is 10.0 Å². The largest absolute Gasteiger partial charge is 0.334 e. The maximum Gasteiger partial charge on any atom is 0.262 e. The number of nitrogens with one attached hydrogen (secondary N) is 1. The summed E-state index contributed by atoms with van der Waals surface area (Å²) < 4.78 is 29.0. The van der Waals surface area contributed by atoms with Crippen molar-refractivity contribution in [1.82, 2.24) is 19.2 Å². The molecule has 1 N–H and O–H groups in total. The summed E-state index contributed by atoms with van der Waals surface area (Å²) in [6.45, 7) is 6.77. The summed E-state index contributed by atoms with van der Waals surface area (Å²) in [4.78, 5) is 4.26. The van der Waals surface area contributed by atoms with Crippen molar-refractivity contribution in [3.63, 3.8) is 0 Å². The summed E-state index contributed by atoms with van der Waals surface area (Å²) in [6.07, 6.45) is 4.64. The molecule has 0 saturated carbocycles. The third-order valence-electron chi connectivity index (χ3n) is 4.00. The average Bonchev–Trinajstić information content (AvgIpc) is 2.82. The van der Waals surface area contributed by atoms with Gasteiger partial charge in [-0.3, -0.25) is 0 Å². The Hall–Kier alpha value is -0.920. The van der Waals surface area contributed by atoms with Crippen LogP contribution in [0, 0.1) is 12.8 Å². The first kappa shape index (κ1) is 16.5. The van der Waals surface area contributed by atoms with E-state index in [4.69, 9.17) is 0 Å². The number of piperidine rings is 1. The first-order chi connectivity index (χ1) is 9.98. The fourth-order valence-corrected chi connectivity index (χ4v) is 4.45. The first-order valence-electron chi connectivity index (χ1n) is 7.67. The minimum absolute atomic E-state index is 0.193. The second-order valence-electron chi connectivity index (χ2n) is 5.75. The Labute approximate surface area is 127 Å². The van der Waals surface area contributed by atoms with Gasteiger partial charge < -0.3 is 9.88 Å². The molecule has 1 aromatic rings. The molecular weight excluding hydrogens is 288 g/mol. The Morgan fingerprint density at radius 1 is 1.48 bits per heavy atom. The Morgan fingerprint density at radius 2 is 2.24 bits per heavy atom. The lowest BCUT2D eigenvalue weighted by molar-refractivity contribution is 0.263. The molecule has 1 unspecified atom stereocenters. The minimum Gasteiger partial charge on any atom is -0.334 e. The quantitative estimate of drug-likeness (QED) is 0.857. The van der Waals surface area contributed by atoms with Gasteiger partial charge >= 0.3 is 0 Å². The van der Waals surface area contributed by atoms with E-state index in [9.17, 15) is 8.42 Å². The standard InChI is InChI=1S/C14H26N4O2S/c1-4-7-17-11-14(16-12(17)2)21(19,20)18-8-5-6-13(10-18)9-15-3/h11,13,15H,4-10H2,1-3H3. The summed E-state index contributed by atoms with van der Waals surface area (Å²) in [5, 5.41) is 3.33. The zero-order valence-corrected chi connectivity index (χ0v) is 14.0. The van der Waals surface area contributed by atoms with Crippen LogP contribution in [-0.4, -0.2) is 49.0 Å². The van der Waals surface area contributed by atoms with Crippen LogP contribution in [0.1, 0.15) is 32.0 Å². The maximum absolute atomic E-state index is 12.7. The average molecular weight is 314 g/mol. The lowest BCUT2D eigenvalue weighted by Crippen LogP contribution is -2.42. The van der Waals surface area contributed by atoms with E-state index in [0.29, 0.717) is 19.0 Å². The molecule has 0 aromatic carbocycles. The molecule has 1 aliphatic heterocycles. The van der Waals surface area contributed by atoms with Crippen LogP contribution < -0.4 is 5.32 Å². The molecule has 0 aliphatic carbocycles. The first-order valence-corrected chi connectivity index (χ1v) is 9.11. The van der Waals surface area contributed by atoms with E-state index in [1.807, 2.05) is 18.5 Å². The molecule has 2 heterocycles. The van der Waals surface area contributed by atoms with E-state index in [2.05, 4.69) is 17.2 Å². The van der Waals surface area contributed by atoms with Gasteiger partial charge in [-0.1, -0.05) is 6.92 Å². The number of hydrogen-bond acceptors (Lipinski definition) is 4. The molecule has 0 amide bonds. The number of hydrogen-bond donors (Lipinski definition) is 1. The molecule has 6 nitrogen and oxygen atoms in total. The monoisotopic (exact) mass is 314 g/mol. The molecular formula is C14H26N4O2S. The molecule has 0 radical (unpaired) electrons. The van der Waals surface area contributed by atoms with Gasteiger partial charge in [0.15, 0.2) is 5.03 Å². The lowest BCUT2D eigenvalue weighted by atomic mass is 10.00. The van der Waals surface area contributed by atoms with Crippen LogP contribution in [0.5, 0.6) is 0 Å². The number of rotatable bonds is 6. The molecule has 1 saturated heterocycles. The van der Waals surface area contributed by atoms with Gasteiger partial charge in [-0.2, -0.15) is 4.31 Å². The number of imidazole rings is 1. The van der Waals surface area contributed by atoms with Gasteiger partial charge in [0.1, 0.15) is 5.82 Å². The summed E-state index contributed by atoms with van der Waals surface area (Å²) in [5.74, 6) is 1.15. The van der Waals surface area contributed by atoms with Crippen molar-refractivity contribution in [1.29, 1.82) is 0 Å². The normalized spacial score (nSPS) is 20.8. The molecule has 1 fully saturated rings. The summed E-state index contributed by atoms with van der Waals surface area (Å²) in [5.41, 5.74) is 0. The number of aryl methyl sites for hydroxylation is 2. The molecule has 2 rings (SSSR count). The predicted molar refractivity (Wildman–Crippen MR) is 82.7 cm³/mol. The van der Waals surface area contributed by atoms with Gasteiger partial charge in [-0.05, 0) is 45.7 Å². The highest BCUT2D eigenvalue weighted by Gasteiger charge is 2.31. The van der Waals surface area contributed by atoms with Crippen LogP contribution in [0.2, 0.25) is 0 Å². The lowest BCUT2D eigenvalue weighted by Gasteiger charge is -2.31. The summed E-state index contributed by atoms with van der Waals surface area (Å²) >= 11 is 0. The maximum atomic E-state index is 12.7. The van der Waals surface area contributed by atoms with E-state index in [-0.39, 0.29) is 5.03 Å². The van der Waals surface area contributed by atoms with Gasteiger partial charge in [0, 0.05) is 25.8 Å². The van der Waals surface area contributed by atoms with Crippen molar-refractivity contribution in [2.45, 2.75) is 44.7 Å². The van der Waals surface area contributed by atoms with E-state index < -0.39 is 10.0 Å². The van der Waals surface area contributed by atoms with Gasteiger partial charge in [0.2, 0.25) is 0 Å². The van der Waals surface area contributed by atoms with E-state index in [1.54, 1.807) is 10.5 Å². The Bertz CT molecular complexity index is 566. The van der Waals surface area contributed by atoms with Crippen molar-refractivity contribution in [2.24, 2.45) is 5.92 Å². The van der Waals surface area contributed by atoms with Gasteiger partial charge in [-0.15, -0.1) is 0 Å². The Kier molecular flexibility index (Phi) is 5.40. The van der Waals surface area contributed by atoms with Crippen molar-refractivity contribution in [3.8, 4) is 0 Å². The van der Waals surface area contributed by atoms with Crippen molar-refractivity contribution >= 4 is 10.0 Å². The summed E-state index contributed by atoms with van der Waals surface area (Å²) in [6, 6.07) is 0. The number of sulfonamides is 1. The van der Waals surface area contributed by atoms with E-state index in [1.165, 1.54) is 0 Å². The van der Waals surface area contributed by atoms with Crippen LogP contribution in [-0.2, 0) is 16.6 Å². The summed E-state index contributed by atoms with van der Waals surface area (Å²) in [7, 11) is -1.55.